The normalized spacial score (nSPS) is 10.7. The Morgan fingerprint density at radius 2 is 1.83 bits per heavy atom. The summed E-state index contributed by atoms with van der Waals surface area (Å²) in [4.78, 5) is 6.62. The van der Waals surface area contributed by atoms with Crippen molar-refractivity contribution in [3.05, 3.63) is 48.5 Å². The van der Waals surface area contributed by atoms with E-state index in [1.54, 1.807) is 0 Å². The first kappa shape index (κ1) is 16.1. The Balaban J connectivity index is 0.000000815. The van der Waals surface area contributed by atoms with Crippen LogP contribution < -0.4 is 4.90 Å². The molecular formula is C19H23N5. The predicted octanol–water partition coefficient (Wildman–Crippen LogP) is 4.28. The molecule has 4 aromatic rings. The topological polar surface area (TPSA) is 49.2 Å². The number of aryl methyl sites for hydroxylation is 1. The third-order valence-electron chi connectivity index (χ3n) is 3.94. The maximum atomic E-state index is 4.49. The van der Waals surface area contributed by atoms with E-state index < -0.39 is 0 Å². The number of hydrogen-bond donors (Lipinski definition) is 1. The van der Waals surface area contributed by atoms with Gasteiger partial charge >= 0.3 is 0 Å². The molecule has 0 unspecified atom stereocenters. The van der Waals surface area contributed by atoms with E-state index in [0.29, 0.717) is 0 Å². The summed E-state index contributed by atoms with van der Waals surface area (Å²) in [5, 5.41) is 8.37. The second kappa shape index (κ2) is 6.35. The first-order chi connectivity index (χ1) is 11.6. The second-order valence-corrected chi connectivity index (χ2v) is 5.75. The molecule has 3 aromatic heterocycles. The number of fused-ring (bicyclic) bond motifs is 2. The lowest BCUT2D eigenvalue weighted by molar-refractivity contribution is 1.12. The summed E-state index contributed by atoms with van der Waals surface area (Å²) in [5.41, 5.74) is 6.54. The largest absolute Gasteiger partial charge is 0.377 e. The number of nitrogens with zero attached hydrogens (tertiary/aromatic N) is 4. The molecule has 1 N–H and O–H groups in total. The van der Waals surface area contributed by atoms with Crippen molar-refractivity contribution in [3.8, 4) is 11.1 Å². The highest BCUT2D eigenvalue weighted by Gasteiger charge is 2.13. The van der Waals surface area contributed by atoms with Gasteiger partial charge < -0.3 is 9.30 Å². The molecule has 124 valence electrons. The fourth-order valence-electron chi connectivity index (χ4n) is 2.95. The average Bonchev–Trinajstić information content (AvgIpc) is 3.19. The van der Waals surface area contributed by atoms with Crippen LogP contribution in [0.2, 0.25) is 0 Å². The van der Waals surface area contributed by atoms with E-state index >= 15 is 0 Å². The van der Waals surface area contributed by atoms with Gasteiger partial charge in [-0.05, 0) is 31.2 Å². The fraction of sp³-hybridized carbons (Fsp3) is 0.263. The average molecular weight is 321 g/mol. The molecule has 0 amide bonds. The number of nitrogens with one attached hydrogen (secondary N) is 1. The van der Waals surface area contributed by atoms with E-state index in [1.165, 1.54) is 11.3 Å². The highest BCUT2D eigenvalue weighted by atomic mass is 15.1. The van der Waals surface area contributed by atoms with Crippen molar-refractivity contribution in [2.24, 2.45) is 0 Å². The predicted molar refractivity (Wildman–Crippen MR) is 101 cm³/mol. The number of imidazole rings is 1. The summed E-state index contributed by atoms with van der Waals surface area (Å²) < 4.78 is 2.07. The van der Waals surface area contributed by atoms with Crippen molar-refractivity contribution in [2.45, 2.75) is 20.8 Å². The summed E-state index contributed by atoms with van der Waals surface area (Å²) in [6, 6.07) is 8.37. The van der Waals surface area contributed by atoms with Crippen LogP contribution in [-0.2, 0) is 0 Å². The van der Waals surface area contributed by atoms with E-state index in [2.05, 4.69) is 69.0 Å². The van der Waals surface area contributed by atoms with E-state index in [9.17, 15) is 0 Å². The van der Waals surface area contributed by atoms with Gasteiger partial charge in [0.2, 0.25) is 0 Å². The highest BCUT2D eigenvalue weighted by molar-refractivity contribution is 6.01. The second-order valence-electron chi connectivity index (χ2n) is 5.75. The Bertz CT molecular complexity index is 978. The molecule has 24 heavy (non-hydrogen) atoms. The van der Waals surface area contributed by atoms with Gasteiger partial charge in [0.1, 0.15) is 5.65 Å². The van der Waals surface area contributed by atoms with Crippen LogP contribution in [0.25, 0.3) is 27.7 Å². The minimum Gasteiger partial charge on any atom is -0.377 e. The Hall–Kier alpha value is -2.82. The lowest BCUT2D eigenvalue weighted by Gasteiger charge is -2.18. The number of benzene rings is 1. The smallest absolute Gasteiger partial charge is 0.136 e. The molecule has 3 heterocycles. The van der Waals surface area contributed by atoms with Crippen molar-refractivity contribution < 1.29 is 0 Å². The van der Waals surface area contributed by atoms with Crippen LogP contribution in [0, 0.1) is 6.92 Å². The molecule has 0 atom stereocenters. The molecule has 0 spiro atoms. The van der Waals surface area contributed by atoms with Gasteiger partial charge in [0.15, 0.2) is 0 Å². The molecule has 5 heteroatoms. The molecule has 1 aromatic carbocycles. The number of anilines is 1. The van der Waals surface area contributed by atoms with Gasteiger partial charge in [-0.25, -0.2) is 4.98 Å². The number of hydrogen-bond acceptors (Lipinski definition) is 3. The standard InChI is InChI=1S/C17H17N5.C2H6/c1-11-9-22-10-12(4-7-16(22)19-11)17-13-8-18-20-14(13)5-6-15(17)21(2)3;1-2/h4-10H,1-3H3,(H,18,20);1-2H3. The first-order valence-electron chi connectivity index (χ1n) is 8.22. The third-order valence-corrected chi connectivity index (χ3v) is 3.94. The van der Waals surface area contributed by atoms with Gasteiger partial charge in [-0.1, -0.05) is 13.8 Å². The van der Waals surface area contributed by atoms with Crippen molar-refractivity contribution in [1.29, 1.82) is 0 Å². The molecule has 0 aliphatic heterocycles. The molecule has 0 saturated heterocycles. The summed E-state index contributed by atoms with van der Waals surface area (Å²) in [6.45, 7) is 6.01. The van der Waals surface area contributed by atoms with Crippen molar-refractivity contribution in [3.63, 3.8) is 0 Å². The summed E-state index contributed by atoms with van der Waals surface area (Å²) in [6.07, 6.45) is 6.06. The molecule has 4 rings (SSSR count). The number of rotatable bonds is 2. The molecular weight excluding hydrogens is 298 g/mol. The van der Waals surface area contributed by atoms with Gasteiger partial charge in [0.05, 0.1) is 17.4 Å². The summed E-state index contributed by atoms with van der Waals surface area (Å²) in [7, 11) is 4.12. The molecule has 5 nitrogen and oxygen atoms in total. The SMILES string of the molecule is CC.Cc1cn2cc(-c3c(N(C)C)ccc4[nH]ncc34)ccc2n1. The number of aromatic amines is 1. The molecule has 0 bridgehead atoms. The first-order valence-corrected chi connectivity index (χ1v) is 8.22. The van der Waals surface area contributed by atoms with E-state index in [1.807, 2.05) is 33.2 Å². The Morgan fingerprint density at radius 3 is 2.58 bits per heavy atom. The maximum Gasteiger partial charge on any atom is 0.136 e. The van der Waals surface area contributed by atoms with Crippen LogP contribution in [-0.4, -0.2) is 33.7 Å². The lowest BCUT2D eigenvalue weighted by Crippen LogP contribution is -2.10. The van der Waals surface area contributed by atoms with Gasteiger partial charge in [-0.15, -0.1) is 0 Å². The number of aromatic nitrogens is 4. The van der Waals surface area contributed by atoms with Crippen molar-refractivity contribution in [1.82, 2.24) is 19.6 Å². The van der Waals surface area contributed by atoms with Gasteiger partial charge in [0.25, 0.3) is 0 Å². The maximum absolute atomic E-state index is 4.49. The summed E-state index contributed by atoms with van der Waals surface area (Å²) >= 11 is 0. The van der Waals surface area contributed by atoms with Gasteiger partial charge in [-0.3, -0.25) is 5.10 Å². The quantitative estimate of drug-likeness (QED) is 0.599. The molecule has 0 aliphatic rings. The highest BCUT2D eigenvalue weighted by Crippen LogP contribution is 2.36. The van der Waals surface area contributed by atoms with Crippen LogP contribution in [0.5, 0.6) is 0 Å². The van der Waals surface area contributed by atoms with Crippen LogP contribution in [0.3, 0.4) is 0 Å². The van der Waals surface area contributed by atoms with E-state index in [-0.39, 0.29) is 0 Å². The minimum absolute atomic E-state index is 0.965. The number of pyridine rings is 1. The van der Waals surface area contributed by atoms with E-state index in [0.717, 1.165) is 27.8 Å². The van der Waals surface area contributed by atoms with Crippen LogP contribution >= 0.6 is 0 Å². The number of H-pyrrole nitrogens is 1. The van der Waals surface area contributed by atoms with Crippen LogP contribution in [0.1, 0.15) is 19.5 Å². The zero-order valence-corrected chi connectivity index (χ0v) is 14.8. The van der Waals surface area contributed by atoms with Crippen molar-refractivity contribution in [2.75, 3.05) is 19.0 Å². The Labute approximate surface area is 141 Å². The lowest BCUT2D eigenvalue weighted by atomic mass is 10.0. The van der Waals surface area contributed by atoms with E-state index in [4.69, 9.17) is 0 Å². The molecule has 0 fully saturated rings. The third kappa shape index (κ3) is 2.62. The van der Waals surface area contributed by atoms with Crippen molar-refractivity contribution >= 4 is 22.2 Å². The zero-order chi connectivity index (χ0) is 17.3. The van der Waals surface area contributed by atoms with Gasteiger partial charge in [-0.2, -0.15) is 5.10 Å². The van der Waals surface area contributed by atoms with Crippen LogP contribution in [0.4, 0.5) is 5.69 Å². The summed E-state index contributed by atoms with van der Waals surface area (Å²) in [5.74, 6) is 0. The molecule has 0 saturated carbocycles. The van der Waals surface area contributed by atoms with Gasteiger partial charge in [0, 0.05) is 48.7 Å². The monoisotopic (exact) mass is 321 g/mol. The van der Waals surface area contributed by atoms with Crippen LogP contribution in [0.15, 0.2) is 42.9 Å². The molecule has 0 radical (unpaired) electrons. The molecule has 0 aliphatic carbocycles. The minimum atomic E-state index is 0.965. The Morgan fingerprint density at radius 1 is 1.04 bits per heavy atom. The Kier molecular flexibility index (Phi) is 4.25. The fourth-order valence-corrected chi connectivity index (χ4v) is 2.95. The zero-order valence-electron chi connectivity index (χ0n) is 14.8.